The van der Waals surface area contributed by atoms with Gasteiger partial charge in [0.25, 0.3) is 0 Å². The van der Waals surface area contributed by atoms with E-state index in [2.05, 4.69) is 61.3 Å². The second kappa shape index (κ2) is 6.70. The molecule has 1 fully saturated rings. The Balaban J connectivity index is 2.10. The quantitative estimate of drug-likeness (QED) is 0.837. The van der Waals surface area contributed by atoms with Crippen LogP contribution in [0, 0.1) is 5.41 Å². The fraction of sp³-hybridized carbons (Fsp3) is 0.647. The van der Waals surface area contributed by atoms with Crippen molar-refractivity contribution < 1.29 is 5.11 Å². The maximum atomic E-state index is 9.70. The molecule has 1 aromatic carbocycles. The van der Waals surface area contributed by atoms with Crippen LogP contribution in [-0.4, -0.2) is 42.3 Å². The lowest BCUT2D eigenvalue weighted by molar-refractivity contribution is 0.132. The molecule has 2 rings (SSSR count). The maximum Gasteiger partial charge on any atom is 0.0679 e. The summed E-state index contributed by atoms with van der Waals surface area (Å²) in [6.07, 6.45) is 0.771. The molecule has 3 nitrogen and oxygen atoms in total. The molecule has 0 bridgehead atoms. The molecule has 0 aliphatic carbocycles. The van der Waals surface area contributed by atoms with Crippen LogP contribution in [0.2, 0.25) is 0 Å². The van der Waals surface area contributed by atoms with Crippen molar-refractivity contribution in [3.63, 3.8) is 0 Å². The summed E-state index contributed by atoms with van der Waals surface area (Å²) in [6.45, 7) is 10.6. The third kappa shape index (κ3) is 3.81. The van der Waals surface area contributed by atoms with E-state index in [0.717, 1.165) is 32.6 Å². The fourth-order valence-corrected chi connectivity index (χ4v) is 3.32. The lowest BCUT2D eigenvalue weighted by Gasteiger charge is -2.38. The lowest BCUT2D eigenvalue weighted by atomic mass is 9.80. The Kier molecular flexibility index (Phi) is 5.19. The summed E-state index contributed by atoms with van der Waals surface area (Å²) < 4.78 is 0. The Morgan fingerprint density at radius 3 is 2.60 bits per heavy atom. The number of β-amino-alcohol motifs (C(OH)–C–C–N with tert-alkyl or cyclic N) is 1. The molecule has 0 saturated carbocycles. The van der Waals surface area contributed by atoms with Crippen LogP contribution in [0.4, 0.5) is 0 Å². The Labute approximate surface area is 123 Å². The van der Waals surface area contributed by atoms with Crippen LogP contribution < -0.4 is 5.32 Å². The second-order valence-corrected chi connectivity index (χ2v) is 6.57. The third-order valence-electron chi connectivity index (χ3n) is 4.20. The van der Waals surface area contributed by atoms with E-state index in [1.807, 2.05) is 0 Å². The van der Waals surface area contributed by atoms with Gasteiger partial charge in [0.2, 0.25) is 0 Å². The summed E-state index contributed by atoms with van der Waals surface area (Å²) in [6, 6.07) is 11.0. The van der Waals surface area contributed by atoms with E-state index in [1.54, 1.807) is 0 Å². The van der Waals surface area contributed by atoms with Crippen molar-refractivity contribution in [2.24, 2.45) is 5.41 Å². The lowest BCUT2D eigenvalue weighted by Crippen LogP contribution is -2.42. The Morgan fingerprint density at radius 1 is 1.35 bits per heavy atom. The van der Waals surface area contributed by atoms with Crippen molar-refractivity contribution in [1.29, 1.82) is 0 Å². The van der Waals surface area contributed by atoms with Gasteiger partial charge in [0.05, 0.1) is 6.10 Å². The van der Waals surface area contributed by atoms with Gasteiger partial charge in [-0.05, 0) is 23.9 Å². The van der Waals surface area contributed by atoms with E-state index in [4.69, 9.17) is 0 Å². The van der Waals surface area contributed by atoms with Gasteiger partial charge in [0, 0.05) is 25.7 Å². The highest BCUT2D eigenvalue weighted by Gasteiger charge is 2.34. The first-order valence-electron chi connectivity index (χ1n) is 7.71. The Bertz CT molecular complexity index is 405. The van der Waals surface area contributed by atoms with Gasteiger partial charge in [0.15, 0.2) is 0 Å². The molecule has 1 saturated heterocycles. The van der Waals surface area contributed by atoms with Gasteiger partial charge in [-0.2, -0.15) is 0 Å². The van der Waals surface area contributed by atoms with Crippen molar-refractivity contribution in [1.82, 2.24) is 10.2 Å². The molecule has 112 valence electrons. The van der Waals surface area contributed by atoms with Crippen LogP contribution in [0.25, 0.3) is 0 Å². The van der Waals surface area contributed by atoms with Gasteiger partial charge in [-0.3, -0.25) is 0 Å². The number of likely N-dealkylation sites (tertiary alicyclic amines) is 1. The molecule has 1 heterocycles. The number of hydrogen-bond acceptors (Lipinski definition) is 3. The standard InChI is InChI=1S/C17H28N2O/c1-4-18-16(14-8-6-5-7-9-14)17(2,3)13-19-11-10-15(20)12-19/h5-9,15-16,18,20H,4,10-13H2,1-3H3. The molecule has 2 atom stereocenters. The minimum atomic E-state index is -0.139. The fourth-order valence-electron chi connectivity index (χ4n) is 3.32. The molecule has 0 spiro atoms. The highest BCUT2D eigenvalue weighted by atomic mass is 16.3. The first-order valence-corrected chi connectivity index (χ1v) is 7.71. The van der Waals surface area contributed by atoms with E-state index in [-0.39, 0.29) is 11.5 Å². The number of hydrogen-bond donors (Lipinski definition) is 2. The minimum Gasteiger partial charge on any atom is -0.392 e. The molecule has 1 aliphatic heterocycles. The number of benzene rings is 1. The van der Waals surface area contributed by atoms with Gasteiger partial charge in [-0.15, -0.1) is 0 Å². The van der Waals surface area contributed by atoms with Gasteiger partial charge in [-0.25, -0.2) is 0 Å². The second-order valence-electron chi connectivity index (χ2n) is 6.57. The van der Waals surface area contributed by atoms with Crippen LogP contribution in [0.5, 0.6) is 0 Å². The maximum absolute atomic E-state index is 9.70. The zero-order valence-corrected chi connectivity index (χ0v) is 13.0. The smallest absolute Gasteiger partial charge is 0.0679 e. The van der Waals surface area contributed by atoms with Crippen molar-refractivity contribution in [3.8, 4) is 0 Å². The number of nitrogens with one attached hydrogen (secondary N) is 1. The molecule has 1 aromatic rings. The number of aliphatic hydroxyl groups excluding tert-OH is 1. The van der Waals surface area contributed by atoms with E-state index >= 15 is 0 Å². The minimum absolute atomic E-state index is 0.126. The van der Waals surface area contributed by atoms with Crippen LogP contribution >= 0.6 is 0 Å². The zero-order chi connectivity index (χ0) is 14.6. The van der Waals surface area contributed by atoms with Crippen molar-refractivity contribution >= 4 is 0 Å². The summed E-state index contributed by atoms with van der Waals surface area (Å²) in [4.78, 5) is 2.39. The molecule has 3 heteroatoms. The summed E-state index contributed by atoms with van der Waals surface area (Å²) in [5.41, 5.74) is 1.47. The van der Waals surface area contributed by atoms with Crippen molar-refractivity contribution in [3.05, 3.63) is 35.9 Å². The normalized spacial score (nSPS) is 22.1. The average molecular weight is 276 g/mol. The summed E-state index contributed by atoms with van der Waals surface area (Å²) in [5.74, 6) is 0. The number of rotatable bonds is 6. The van der Waals surface area contributed by atoms with E-state index < -0.39 is 0 Å². The molecule has 0 amide bonds. The summed E-state index contributed by atoms with van der Waals surface area (Å²) >= 11 is 0. The topological polar surface area (TPSA) is 35.5 Å². The molecule has 0 aromatic heterocycles. The van der Waals surface area contributed by atoms with Gasteiger partial charge < -0.3 is 15.3 Å². The highest BCUT2D eigenvalue weighted by Crippen LogP contribution is 2.34. The first-order chi connectivity index (χ1) is 9.53. The molecule has 0 radical (unpaired) electrons. The van der Waals surface area contributed by atoms with E-state index in [0.29, 0.717) is 6.04 Å². The Hall–Kier alpha value is -0.900. The molecule has 2 unspecified atom stereocenters. The number of aliphatic hydroxyl groups is 1. The van der Waals surface area contributed by atoms with E-state index in [9.17, 15) is 5.11 Å². The largest absolute Gasteiger partial charge is 0.392 e. The SMILES string of the molecule is CCNC(c1ccccc1)C(C)(C)CN1CCC(O)C1. The van der Waals surface area contributed by atoms with Gasteiger partial charge in [-0.1, -0.05) is 51.1 Å². The molecule has 20 heavy (non-hydrogen) atoms. The predicted octanol–water partition coefficient (Wildman–Crippen LogP) is 2.43. The van der Waals surface area contributed by atoms with Gasteiger partial charge >= 0.3 is 0 Å². The van der Waals surface area contributed by atoms with Crippen molar-refractivity contribution in [2.45, 2.75) is 39.3 Å². The summed E-state index contributed by atoms with van der Waals surface area (Å²) in [5, 5.41) is 13.3. The third-order valence-corrected chi connectivity index (χ3v) is 4.20. The van der Waals surface area contributed by atoms with Crippen LogP contribution in [0.1, 0.15) is 38.8 Å². The van der Waals surface area contributed by atoms with Crippen LogP contribution in [0.15, 0.2) is 30.3 Å². The highest BCUT2D eigenvalue weighted by molar-refractivity contribution is 5.21. The van der Waals surface area contributed by atoms with Crippen molar-refractivity contribution in [2.75, 3.05) is 26.2 Å². The van der Waals surface area contributed by atoms with Gasteiger partial charge in [0.1, 0.15) is 0 Å². The molecular weight excluding hydrogens is 248 g/mol. The van der Waals surface area contributed by atoms with Crippen LogP contribution in [-0.2, 0) is 0 Å². The molecular formula is C17H28N2O. The predicted molar refractivity (Wildman–Crippen MR) is 83.7 cm³/mol. The molecule has 2 N–H and O–H groups in total. The zero-order valence-electron chi connectivity index (χ0n) is 13.0. The molecule has 1 aliphatic rings. The Morgan fingerprint density at radius 2 is 2.05 bits per heavy atom. The average Bonchev–Trinajstić information content (AvgIpc) is 2.81. The number of nitrogens with zero attached hydrogens (tertiary/aromatic N) is 1. The van der Waals surface area contributed by atoms with E-state index in [1.165, 1.54) is 5.56 Å². The summed E-state index contributed by atoms with van der Waals surface area (Å²) in [7, 11) is 0. The monoisotopic (exact) mass is 276 g/mol. The first kappa shape index (κ1) is 15.5. The van der Waals surface area contributed by atoms with Crippen LogP contribution in [0.3, 0.4) is 0 Å².